The van der Waals surface area contributed by atoms with Crippen molar-refractivity contribution in [2.45, 2.75) is 97.4 Å². The van der Waals surface area contributed by atoms with E-state index >= 15 is 0 Å². The standard InChI is InChI=1S/C29H43NO3/c1-18(8-7-14-28(3,4)30-19(2)31)24-11-12-25-22-10-9-20-16-26(32)27(33-6)17-23(20)21(22)13-15-29(24,25)5/h11,16-18,21-22,25,32H,7-10,12-15H2,1-6H3,(H,30,31)/t18-,21+,22-,25+,29-/m1/s1. The first-order valence-corrected chi connectivity index (χ1v) is 12.9. The molecule has 0 aromatic heterocycles. The maximum Gasteiger partial charge on any atom is 0.217 e. The van der Waals surface area contributed by atoms with E-state index in [0.717, 1.165) is 25.2 Å². The lowest BCUT2D eigenvalue weighted by molar-refractivity contribution is -0.120. The molecule has 1 aromatic rings. The summed E-state index contributed by atoms with van der Waals surface area (Å²) in [7, 11) is 1.64. The third-order valence-electron chi connectivity index (χ3n) is 9.15. The molecule has 1 aromatic carbocycles. The average molecular weight is 454 g/mol. The van der Waals surface area contributed by atoms with E-state index < -0.39 is 0 Å². The van der Waals surface area contributed by atoms with Crippen LogP contribution in [0.5, 0.6) is 11.5 Å². The van der Waals surface area contributed by atoms with Crippen molar-refractivity contribution < 1.29 is 14.6 Å². The minimum Gasteiger partial charge on any atom is -0.504 e. The first kappa shape index (κ1) is 24.2. The zero-order valence-corrected chi connectivity index (χ0v) is 21.5. The van der Waals surface area contributed by atoms with Gasteiger partial charge in [-0.1, -0.05) is 31.9 Å². The lowest BCUT2D eigenvalue weighted by Gasteiger charge is -2.51. The molecular formula is C29H43NO3. The minimum atomic E-state index is -0.134. The number of nitrogens with one attached hydrogen (secondary N) is 1. The fourth-order valence-corrected chi connectivity index (χ4v) is 7.66. The van der Waals surface area contributed by atoms with Crippen molar-refractivity contribution in [3.05, 3.63) is 34.9 Å². The Morgan fingerprint density at radius 1 is 1.33 bits per heavy atom. The molecule has 4 heteroatoms. The first-order valence-electron chi connectivity index (χ1n) is 12.9. The highest BCUT2D eigenvalue weighted by Gasteiger charge is 2.52. The third kappa shape index (κ3) is 4.55. The largest absolute Gasteiger partial charge is 0.504 e. The zero-order valence-electron chi connectivity index (χ0n) is 21.5. The smallest absolute Gasteiger partial charge is 0.217 e. The van der Waals surface area contributed by atoms with Gasteiger partial charge in [-0.3, -0.25) is 4.79 Å². The number of amides is 1. The molecule has 1 saturated carbocycles. The molecule has 0 saturated heterocycles. The Hall–Kier alpha value is -1.97. The molecule has 0 spiro atoms. The van der Waals surface area contributed by atoms with Gasteiger partial charge in [0.25, 0.3) is 0 Å². The number of aryl methyl sites for hydroxylation is 1. The van der Waals surface area contributed by atoms with E-state index in [4.69, 9.17) is 4.74 Å². The van der Waals surface area contributed by atoms with Gasteiger partial charge in [-0.15, -0.1) is 0 Å². The van der Waals surface area contributed by atoms with Crippen molar-refractivity contribution in [3.63, 3.8) is 0 Å². The van der Waals surface area contributed by atoms with Gasteiger partial charge in [-0.05, 0) is 111 Å². The molecule has 0 heterocycles. The molecule has 33 heavy (non-hydrogen) atoms. The molecule has 5 atom stereocenters. The number of allylic oxidation sites excluding steroid dienone is 2. The van der Waals surface area contributed by atoms with Crippen molar-refractivity contribution >= 4 is 5.91 Å². The van der Waals surface area contributed by atoms with Gasteiger partial charge < -0.3 is 15.2 Å². The maximum atomic E-state index is 11.5. The average Bonchev–Trinajstić information content (AvgIpc) is 3.09. The summed E-state index contributed by atoms with van der Waals surface area (Å²) in [5.74, 6) is 3.56. The fraction of sp³-hybridized carbons (Fsp3) is 0.690. The highest BCUT2D eigenvalue weighted by molar-refractivity contribution is 5.73. The lowest BCUT2D eigenvalue weighted by Crippen LogP contribution is -2.42. The molecule has 0 aliphatic heterocycles. The van der Waals surface area contributed by atoms with Crippen molar-refractivity contribution in [2.24, 2.45) is 23.2 Å². The van der Waals surface area contributed by atoms with Crippen molar-refractivity contribution in [2.75, 3.05) is 7.11 Å². The Morgan fingerprint density at radius 3 is 2.79 bits per heavy atom. The van der Waals surface area contributed by atoms with Crippen LogP contribution < -0.4 is 10.1 Å². The quantitative estimate of drug-likeness (QED) is 0.462. The molecule has 182 valence electrons. The molecule has 0 unspecified atom stereocenters. The van der Waals surface area contributed by atoms with Crippen molar-refractivity contribution in [3.8, 4) is 11.5 Å². The highest BCUT2D eigenvalue weighted by Crippen LogP contribution is 2.62. The van der Waals surface area contributed by atoms with Crippen LogP contribution in [-0.4, -0.2) is 23.7 Å². The van der Waals surface area contributed by atoms with Crippen LogP contribution in [0.2, 0.25) is 0 Å². The minimum absolute atomic E-state index is 0.0561. The summed E-state index contributed by atoms with van der Waals surface area (Å²) in [6.07, 6.45) is 11.9. The van der Waals surface area contributed by atoms with E-state index in [-0.39, 0.29) is 17.2 Å². The van der Waals surface area contributed by atoms with Gasteiger partial charge in [0.05, 0.1) is 7.11 Å². The van der Waals surface area contributed by atoms with Crippen LogP contribution in [0.3, 0.4) is 0 Å². The number of methoxy groups -OCH3 is 1. The molecular weight excluding hydrogens is 410 g/mol. The van der Waals surface area contributed by atoms with E-state index in [1.807, 2.05) is 6.07 Å². The van der Waals surface area contributed by atoms with Crippen LogP contribution in [0.25, 0.3) is 0 Å². The van der Waals surface area contributed by atoms with Gasteiger partial charge in [0.2, 0.25) is 5.91 Å². The fourth-order valence-electron chi connectivity index (χ4n) is 7.66. The zero-order chi connectivity index (χ0) is 24.0. The summed E-state index contributed by atoms with van der Waals surface area (Å²) < 4.78 is 5.44. The topological polar surface area (TPSA) is 58.6 Å². The van der Waals surface area contributed by atoms with Crippen LogP contribution in [-0.2, 0) is 11.2 Å². The Kier molecular flexibility index (Phi) is 6.59. The number of rotatable bonds is 7. The van der Waals surface area contributed by atoms with Crippen LogP contribution in [0.4, 0.5) is 0 Å². The Bertz CT molecular complexity index is 933. The summed E-state index contributed by atoms with van der Waals surface area (Å²) in [5.41, 5.74) is 4.61. The number of carbonyl (C=O) groups excluding carboxylic acids is 1. The highest BCUT2D eigenvalue weighted by atomic mass is 16.5. The number of fused-ring (bicyclic) bond motifs is 5. The van der Waals surface area contributed by atoms with Gasteiger partial charge in [-0.25, -0.2) is 0 Å². The molecule has 1 amide bonds. The van der Waals surface area contributed by atoms with E-state index in [0.29, 0.717) is 28.9 Å². The van der Waals surface area contributed by atoms with Crippen molar-refractivity contribution in [1.82, 2.24) is 5.32 Å². The van der Waals surface area contributed by atoms with Gasteiger partial charge in [0.15, 0.2) is 11.5 Å². The molecule has 0 radical (unpaired) electrons. The number of benzene rings is 1. The SMILES string of the molecule is COc1cc2c(cc1O)CC[C@@H]1[C@@H]2CC[C@]2(C)C([C@H](C)CCCC(C)(C)NC(C)=O)=CC[C@@H]12. The molecule has 0 bridgehead atoms. The molecule has 3 aliphatic carbocycles. The molecule has 1 fully saturated rings. The maximum absolute atomic E-state index is 11.5. The van der Waals surface area contributed by atoms with Gasteiger partial charge >= 0.3 is 0 Å². The Balaban J connectivity index is 1.44. The van der Waals surface area contributed by atoms with Crippen LogP contribution in [0, 0.1) is 23.2 Å². The second kappa shape index (κ2) is 9.00. The van der Waals surface area contributed by atoms with Gasteiger partial charge in [0, 0.05) is 12.5 Å². The third-order valence-corrected chi connectivity index (χ3v) is 9.15. The Morgan fingerprint density at radius 2 is 2.09 bits per heavy atom. The van der Waals surface area contributed by atoms with Gasteiger partial charge in [0.1, 0.15) is 0 Å². The number of phenols is 1. The molecule has 2 N–H and O–H groups in total. The summed E-state index contributed by atoms with van der Waals surface area (Å²) in [6, 6.07) is 4.06. The lowest BCUT2D eigenvalue weighted by atomic mass is 9.53. The van der Waals surface area contributed by atoms with Crippen LogP contribution in [0.15, 0.2) is 23.8 Å². The predicted molar refractivity (Wildman–Crippen MR) is 134 cm³/mol. The van der Waals surface area contributed by atoms with Crippen molar-refractivity contribution in [1.29, 1.82) is 0 Å². The van der Waals surface area contributed by atoms with Crippen LogP contribution in [0.1, 0.15) is 96.6 Å². The molecule has 4 nitrogen and oxygen atoms in total. The van der Waals surface area contributed by atoms with Crippen LogP contribution >= 0.6 is 0 Å². The molecule has 4 rings (SSSR count). The number of hydrogen-bond donors (Lipinski definition) is 2. The normalized spacial score (nSPS) is 29.4. The van der Waals surface area contributed by atoms with Gasteiger partial charge in [-0.2, -0.15) is 0 Å². The number of hydrogen-bond acceptors (Lipinski definition) is 3. The monoisotopic (exact) mass is 453 g/mol. The summed E-state index contributed by atoms with van der Waals surface area (Å²) >= 11 is 0. The number of aromatic hydroxyl groups is 1. The predicted octanol–water partition coefficient (Wildman–Crippen LogP) is 6.51. The summed E-state index contributed by atoms with van der Waals surface area (Å²) in [6.45, 7) is 10.8. The van der Waals surface area contributed by atoms with E-state index in [1.54, 1.807) is 19.6 Å². The number of carbonyl (C=O) groups is 1. The second-order valence-corrected chi connectivity index (χ2v) is 11.8. The van der Waals surface area contributed by atoms with E-state index in [2.05, 4.69) is 45.2 Å². The molecule has 3 aliphatic rings. The number of ether oxygens (including phenoxy) is 1. The van der Waals surface area contributed by atoms with E-state index in [9.17, 15) is 9.90 Å². The Labute approximate surface area is 200 Å². The summed E-state index contributed by atoms with van der Waals surface area (Å²) in [5, 5.41) is 13.3. The first-order chi connectivity index (χ1) is 15.6. The second-order valence-electron chi connectivity index (χ2n) is 11.8. The van der Waals surface area contributed by atoms with E-state index in [1.165, 1.54) is 43.2 Å². The number of phenolic OH excluding ortho intramolecular Hbond substituents is 1. The summed E-state index contributed by atoms with van der Waals surface area (Å²) in [4.78, 5) is 11.5.